The van der Waals surface area contributed by atoms with Crippen LogP contribution in [0.1, 0.15) is 0 Å². The Bertz CT molecular complexity index is 961. The van der Waals surface area contributed by atoms with E-state index in [0.717, 1.165) is 15.9 Å². The third-order valence-electron chi connectivity index (χ3n) is 3.50. The summed E-state index contributed by atoms with van der Waals surface area (Å²) in [6.07, 6.45) is 3.33. The molecular formula is C18H15BrClN5OS. The van der Waals surface area contributed by atoms with E-state index in [2.05, 4.69) is 43.0 Å². The number of nitrogens with one attached hydrogen (secondary N) is 1. The molecule has 2 heterocycles. The zero-order valence-electron chi connectivity index (χ0n) is 14.1. The highest BCUT2D eigenvalue weighted by atomic mass is 79.9. The Hall–Kier alpha value is -2.16. The molecule has 0 aliphatic rings. The van der Waals surface area contributed by atoms with E-state index in [1.165, 1.54) is 11.8 Å². The van der Waals surface area contributed by atoms with Crippen molar-refractivity contribution < 1.29 is 4.79 Å². The van der Waals surface area contributed by atoms with Crippen LogP contribution in [0.2, 0.25) is 5.15 Å². The van der Waals surface area contributed by atoms with E-state index < -0.39 is 0 Å². The van der Waals surface area contributed by atoms with Crippen LogP contribution >= 0.6 is 39.3 Å². The summed E-state index contributed by atoms with van der Waals surface area (Å²) in [6, 6.07) is 11.2. The number of carbonyl (C=O) groups is 1. The first-order valence-corrected chi connectivity index (χ1v) is 10.1. The van der Waals surface area contributed by atoms with Gasteiger partial charge < -0.3 is 5.32 Å². The number of amides is 1. The van der Waals surface area contributed by atoms with E-state index in [-0.39, 0.29) is 16.8 Å². The number of benzene rings is 1. The molecule has 0 fully saturated rings. The Morgan fingerprint density at radius 2 is 2.07 bits per heavy atom. The Labute approximate surface area is 174 Å². The van der Waals surface area contributed by atoms with Gasteiger partial charge in [0.2, 0.25) is 5.91 Å². The van der Waals surface area contributed by atoms with E-state index >= 15 is 0 Å². The Morgan fingerprint density at radius 3 is 2.78 bits per heavy atom. The van der Waals surface area contributed by atoms with E-state index in [9.17, 15) is 4.79 Å². The van der Waals surface area contributed by atoms with Crippen LogP contribution in [0.4, 0.5) is 5.69 Å². The molecule has 0 saturated carbocycles. The number of carbonyl (C=O) groups excluding carboxylic acids is 1. The van der Waals surface area contributed by atoms with Crippen LogP contribution in [0.5, 0.6) is 0 Å². The van der Waals surface area contributed by atoms with E-state index in [1.807, 2.05) is 28.8 Å². The Kier molecular flexibility index (Phi) is 6.65. The van der Waals surface area contributed by atoms with Crippen molar-refractivity contribution in [2.24, 2.45) is 0 Å². The quantitative estimate of drug-likeness (QED) is 0.312. The molecule has 9 heteroatoms. The fourth-order valence-electron chi connectivity index (χ4n) is 2.30. The van der Waals surface area contributed by atoms with Crippen LogP contribution in [0, 0.1) is 0 Å². The van der Waals surface area contributed by atoms with E-state index in [4.69, 9.17) is 11.6 Å². The number of hydrogen-bond acceptors (Lipinski definition) is 5. The lowest BCUT2D eigenvalue weighted by Crippen LogP contribution is -2.15. The summed E-state index contributed by atoms with van der Waals surface area (Å²) in [7, 11) is 0. The summed E-state index contributed by atoms with van der Waals surface area (Å²) < 4.78 is 2.91. The van der Waals surface area contributed by atoms with Crippen molar-refractivity contribution in [3.05, 3.63) is 64.9 Å². The van der Waals surface area contributed by atoms with Gasteiger partial charge in [0.1, 0.15) is 0 Å². The zero-order valence-corrected chi connectivity index (χ0v) is 17.3. The normalized spacial score (nSPS) is 10.6. The Morgan fingerprint density at radius 1 is 1.30 bits per heavy atom. The molecule has 0 aliphatic heterocycles. The predicted octanol–water partition coefficient (Wildman–Crippen LogP) is 4.67. The molecule has 3 aromatic rings. The second kappa shape index (κ2) is 9.16. The average Bonchev–Trinajstić information content (AvgIpc) is 3.06. The molecule has 0 saturated heterocycles. The van der Waals surface area contributed by atoms with Crippen molar-refractivity contribution in [1.29, 1.82) is 0 Å². The number of hydrogen-bond donors (Lipinski definition) is 1. The lowest BCUT2D eigenvalue weighted by molar-refractivity contribution is -0.113. The van der Waals surface area contributed by atoms with Crippen LogP contribution in [0.15, 0.2) is 64.9 Å². The van der Waals surface area contributed by atoms with Gasteiger partial charge in [-0.25, -0.2) is 4.98 Å². The molecule has 138 valence electrons. The first-order valence-electron chi connectivity index (χ1n) is 7.91. The summed E-state index contributed by atoms with van der Waals surface area (Å²) in [5.41, 5.74) is 1.42. The summed E-state index contributed by atoms with van der Waals surface area (Å²) in [5, 5.41) is 12.1. The number of allylic oxidation sites excluding steroid dienone is 1. The van der Waals surface area contributed by atoms with Crippen molar-refractivity contribution in [3.63, 3.8) is 0 Å². The molecule has 0 spiro atoms. The summed E-state index contributed by atoms with van der Waals surface area (Å²) in [4.78, 5) is 16.2. The van der Waals surface area contributed by atoms with Crippen LogP contribution in [-0.4, -0.2) is 31.4 Å². The van der Waals surface area contributed by atoms with Crippen molar-refractivity contribution in [1.82, 2.24) is 19.7 Å². The largest absolute Gasteiger partial charge is 0.323 e. The Balaban J connectivity index is 1.73. The standard InChI is InChI=1S/C18H15BrClN5OS/c1-2-10-25-17(12-5-7-13(19)8-6-12)23-24-18(25)27-11-15(26)22-14-4-3-9-21-16(14)20/h2-9H,1,10-11H2,(H,22,26). The van der Waals surface area contributed by atoms with Gasteiger partial charge in [0.15, 0.2) is 16.1 Å². The van der Waals surface area contributed by atoms with Gasteiger partial charge >= 0.3 is 0 Å². The van der Waals surface area contributed by atoms with Gasteiger partial charge in [-0.05, 0) is 24.3 Å². The summed E-state index contributed by atoms with van der Waals surface area (Å²) in [5.74, 6) is 0.690. The number of thioether (sulfide) groups is 1. The third kappa shape index (κ3) is 4.97. The van der Waals surface area contributed by atoms with Crippen molar-refractivity contribution >= 4 is 50.9 Å². The van der Waals surface area contributed by atoms with E-state index in [0.29, 0.717) is 17.4 Å². The minimum atomic E-state index is -0.201. The first-order chi connectivity index (χ1) is 13.1. The maximum Gasteiger partial charge on any atom is 0.234 e. The topological polar surface area (TPSA) is 72.7 Å². The molecule has 27 heavy (non-hydrogen) atoms. The maximum absolute atomic E-state index is 12.2. The van der Waals surface area contributed by atoms with Crippen LogP contribution in [0.3, 0.4) is 0 Å². The molecule has 1 amide bonds. The molecule has 0 atom stereocenters. The maximum atomic E-state index is 12.2. The van der Waals surface area contributed by atoms with Crippen LogP contribution in [0.25, 0.3) is 11.4 Å². The number of rotatable bonds is 7. The molecule has 2 aromatic heterocycles. The predicted molar refractivity (Wildman–Crippen MR) is 112 cm³/mol. The van der Waals surface area contributed by atoms with E-state index in [1.54, 1.807) is 24.4 Å². The highest BCUT2D eigenvalue weighted by molar-refractivity contribution is 9.10. The molecule has 0 aliphatic carbocycles. The average molecular weight is 465 g/mol. The molecule has 0 unspecified atom stereocenters. The van der Waals surface area contributed by atoms with Gasteiger partial charge in [-0.3, -0.25) is 9.36 Å². The van der Waals surface area contributed by atoms with Crippen molar-refractivity contribution in [3.8, 4) is 11.4 Å². The lowest BCUT2D eigenvalue weighted by atomic mass is 10.2. The lowest BCUT2D eigenvalue weighted by Gasteiger charge is -2.08. The van der Waals surface area contributed by atoms with Crippen molar-refractivity contribution in [2.75, 3.05) is 11.1 Å². The summed E-state index contributed by atoms with van der Waals surface area (Å²) >= 11 is 10.7. The molecule has 3 rings (SSSR count). The minimum Gasteiger partial charge on any atom is -0.323 e. The minimum absolute atomic E-state index is 0.167. The molecule has 1 aromatic carbocycles. The highest BCUT2D eigenvalue weighted by Gasteiger charge is 2.15. The third-order valence-corrected chi connectivity index (χ3v) is 5.29. The fourth-order valence-corrected chi connectivity index (χ4v) is 3.48. The highest BCUT2D eigenvalue weighted by Crippen LogP contribution is 2.26. The first kappa shape index (κ1) is 19.6. The number of halogens is 2. The molecule has 6 nitrogen and oxygen atoms in total. The van der Waals surface area contributed by atoms with Gasteiger partial charge in [-0.2, -0.15) is 0 Å². The molecule has 1 N–H and O–H groups in total. The number of anilines is 1. The number of aromatic nitrogens is 4. The number of nitrogens with zero attached hydrogens (tertiary/aromatic N) is 4. The van der Waals surface area contributed by atoms with Crippen LogP contribution in [-0.2, 0) is 11.3 Å². The second-order valence-corrected chi connectivity index (χ2v) is 7.61. The van der Waals surface area contributed by atoms with Gasteiger partial charge in [-0.1, -0.05) is 57.5 Å². The van der Waals surface area contributed by atoms with Gasteiger partial charge in [0.25, 0.3) is 0 Å². The van der Waals surface area contributed by atoms with Gasteiger partial charge in [-0.15, -0.1) is 16.8 Å². The summed E-state index contributed by atoms with van der Waals surface area (Å²) in [6.45, 7) is 4.33. The molecule has 0 radical (unpaired) electrons. The number of pyridine rings is 1. The monoisotopic (exact) mass is 463 g/mol. The van der Waals surface area contributed by atoms with Crippen LogP contribution < -0.4 is 5.32 Å². The smallest absolute Gasteiger partial charge is 0.234 e. The zero-order chi connectivity index (χ0) is 19.2. The van der Waals surface area contributed by atoms with Gasteiger partial charge in [0, 0.05) is 22.8 Å². The van der Waals surface area contributed by atoms with Gasteiger partial charge in [0.05, 0.1) is 11.4 Å². The SMILES string of the molecule is C=CCn1c(SCC(=O)Nc2cccnc2Cl)nnc1-c1ccc(Br)cc1. The second-order valence-electron chi connectivity index (χ2n) is 5.39. The molecule has 0 bridgehead atoms. The molecular weight excluding hydrogens is 450 g/mol. The van der Waals surface area contributed by atoms with Crippen molar-refractivity contribution in [2.45, 2.75) is 11.7 Å². The fraction of sp³-hybridized carbons (Fsp3) is 0.111.